The molecule has 0 radical (unpaired) electrons. The molecule has 0 bridgehead atoms. The molecule has 1 fully saturated rings. The molecule has 2 nitrogen and oxygen atoms in total. The highest BCUT2D eigenvalue weighted by atomic mass is 19.1. The zero-order chi connectivity index (χ0) is 16.9. The van der Waals surface area contributed by atoms with E-state index >= 15 is 0 Å². The van der Waals surface area contributed by atoms with Gasteiger partial charge in [0.15, 0.2) is 17.4 Å². The Morgan fingerprint density at radius 2 is 1.79 bits per heavy atom. The molecule has 2 aromatic rings. The minimum absolute atomic E-state index is 0.133. The molecule has 0 aromatic heterocycles. The first-order chi connectivity index (χ1) is 11.7. The van der Waals surface area contributed by atoms with E-state index in [0.29, 0.717) is 17.4 Å². The van der Waals surface area contributed by atoms with Crippen LogP contribution < -0.4 is 10.1 Å². The molecule has 0 amide bonds. The summed E-state index contributed by atoms with van der Waals surface area (Å²) in [7, 11) is 0. The van der Waals surface area contributed by atoms with Crippen molar-refractivity contribution in [2.75, 3.05) is 0 Å². The van der Waals surface area contributed by atoms with E-state index in [1.807, 2.05) is 13.0 Å². The molecule has 0 spiro atoms. The third kappa shape index (κ3) is 3.75. The minimum atomic E-state index is -0.684. The lowest BCUT2D eigenvalue weighted by Gasteiger charge is -2.23. The second kappa shape index (κ2) is 7.75. The maximum absolute atomic E-state index is 14.9. The van der Waals surface area contributed by atoms with Crippen LogP contribution >= 0.6 is 0 Å². The Bertz CT molecular complexity index is 669. The van der Waals surface area contributed by atoms with Crippen LogP contribution in [0.5, 0.6) is 11.5 Å². The number of benzene rings is 2. The van der Waals surface area contributed by atoms with Gasteiger partial charge in [0.2, 0.25) is 0 Å². The molecule has 0 heterocycles. The van der Waals surface area contributed by atoms with Gasteiger partial charge in [0, 0.05) is 17.6 Å². The molecule has 3 rings (SSSR count). The van der Waals surface area contributed by atoms with Crippen molar-refractivity contribution in [3.63, 3.8) is 0 Å². The summed E-state index contributed by atoms with van der Waals surface area (Å²) < 4.78 is 34.5. The number of hydrogen-bond acceptors (Lipinski definition) is 2. The predicted octanol–water partition coefficient (Wildman–Crippen LogP) is 5.74. The van der Waals surface area contributed by atoms with Crippen LogP contribution in [-0.4, -0.2) is 6.04 Å². The van der Waals surface area contributed by atoms with Crippen LogP contribution in [-0.2, 0) is 0 Å². The summed E-state index contributed by atoms with van der Waals surface area (Å²) >= 11 is 0. The Hall–Kier alpha value is -1.94. The Balaban J connectivity index is 1.86. The van der Waals surface area contributed by atoms with E-state index in [0.717, 1.165) is 19.3 Å². The van der Waals surface area contributed by atoms with Crippen LogP contribution in [0.25, 0.3) is 0 Å². The van der Waals surface area contributed by atoms with Crippen molar-refractivity contribution in [1.82, 2.24) is 5.32 Å². The molecule has 1 N–H and O–H groups in total. The average molecular weight is 331 g/mol. The largest absolute Gasteiger partial charge is 0.451 e. The van der Waals surface area contributed by atoms with Crippen molar-refractivity contribution in [2.24, 2.45) is 0 Å². The van der Waals surface area contributed by atoms with E-state index in [2.05, 4.69) is 5.32 Å². The van der Waals surface area contributed by atoms with Crippen LogP contribution in [0.15, 0.2) is 42.5 Å². The molecule has 1 saturated carbocycles. The van der Waals surface area contributed by atoms with Gasteiger partial charge in [0.25, 0.3) is 0 Å². The van der Waals surface area contributed by atoms with E-state index in [1.54, 1.807) is 24.3 Å². The van der Waals surface area contributed by atoms with Crippen LogP contribution in [0.3, 0.4) is 0 Å². The standard InChI is InChI=1S/C20H23F2NO/c1-2-18(23-14-8-6-7-9-14)16-12-13-17(21)20(19(16)22)24-15-10-4-3-5-11-15/h3-5,10-14,18,23H,2,6-9H2,1H3. The molecule has 24 heavy (non-hydrogen) atoms. The first kappa shape index (κ1) is 16.9. The topological polar surface area (TPSA) is 21.3 Å². The molecule has 2 aromatic carbocycles. The molecule has 0 saturated heterocycles. The average Bonchev–Trinajstić information content (AvgIpc) is 3.11. The number of para-hydroxylation sites is 1. The predicted molar refractivity (Wildman–Crippen MR) is 91.3 cm³/mol. The fraction of sp³-hybridized carbons (Fsp3) is 0.400. The second-order valence-corrected chi connectivity index (χ2v) is 6.30. The first-order valence-electron chi connectivity index (χ1n) is 8.66. The van der Waals surface area contributed by atoms with Gasteiger partial charge in [-0.3, -0.25) is 0 Å². The van der Waals surface area contributed by atoms with E-state index in [4.69, 9.17) is 4.74 Å². The molecular formula is C20H23F2NO. The molecular weight excluding hydrogens is 308 g/mol. The van der Waals surface area contributed by atoms with Crippen molar-refractivity contribution in [2.45, 2.75) is 51.1 Å². The Morgan fingerprint density at radius 1 is 1.08 bits per heavy atom. The lowest BCUT2D eigenvalue weighted by atomic mass is 10.0. The summed E-state index contributed by atoms with van der Waals surface area (Å²) in [6.45, 7) is 2.01. The minimum Gasteiger partial charge on any atom is -0.451 e. The van der Waals surface area contributed by atoms with E-state index in [-0.39, 0.29) is 11.8 Å². The molecule has 128 valence electrons. The number of ether oxygens (including phenoxy) is 1. The van der Waals surface area contributed by atoms with E-state index in [9.17, 15) is 8.78 Å². The van der Waals surface area contributed by atoms with Crippen molar-refractivity contribution >= 4 is 0 Å². The van der Waals surface area contributed by atoms with E-state index in [1.165, 1.54) is 25.0 Å². The van der Waals surface area contributed by atoms with Crippen LogP contribution in [0.4, 0.5) is 8.78 Å². The molecule has 1 aliphatic rings. The summed E-state index contributed by atoms with van der Waals surface area (Å²) in [5.41, 5.74) is 0.469. The van der Waals surface area contributed by atoms with Gasteiger partial charge in [0.1, 0.15) is 5.75 Å². The highest BCUT2D eigenvalue weighted by Gasteiger charge is 2.24. The van der Waals surface area contributed by atoms with Gasteiger partial charge in [-0.25, -0.2) is 8.78 Å². The molecule has 1 unspecified atom stereocenters. The van der Waals surface area contributed by atoms with Gasteiger partial charge in [-0.2, -0.15) is 0 Å². The van der Waals surface area contributed by atoms with Gasteiger partial charge in [-0.1, -0.05) is 44.0 Å². The zero-order valence-electron chi connectivity index (χ0n) is 13.9. The van der Waals surface area contributed by atoms with Crippen LogP contribution in [0.1, 0.15) is 50.6 Å². The van der Waals surface area contributed by atoms with E-state index < -0.39 is 11.6 Å². The maximum atomic E-state index is 14.9. The number of nitrogens with one attached hydrogen (secondary N) is 1. The lowest BCUT2D eigenvalue weighted by molar-refractivity contribution is 0.383. The van der Waals surface area contributed by atoms with Gasteiger partial charge in [0.05, 0.1) is 0 Å². The summed E-state index contributed by atoms with van der Waals surface area (Å²) in [4.78, 5) is 0. The Labute approximate surface area is 141 Å². The highest BCUT2D eigenvalue weighted by Crippen LogP contribution is 2.33. The molecule has 4 heteroatoms. The van der Waals surface area contributed by atoms with Gasteiger partial charge in [-0.05, 0) is 37.5 Å². The summed E-state index contributed by atoms with van der Waals surface area (Å²) in [5, 5.41) is 3.52. The quantitative estimate of drug-likeness (QED) is 0.729. The van der Waals surface area contributed by atoms with Crippen molar-refractivity contribution in [3.8, 4) is 11.5 Å². The smallest absolute Gasteiger partial charge is 0.198 e. The number of halogens is 2. The maximum Gasteiger partial charge on any atom is 0.198 e. The summed E-state index contributed by atoms with van der Waals surface area (Å²) in [5.74, 6) is -1.21. The van der Waals surface area contributed by atoms with Gasteiger partial charge in [-0.15, -0.1) is 0 Å². The van der Waals surface area contributed by atoms with Gasteiger partial charge < -0.3 is 10.1 Å². The Kier molecular flexibility index (Phi) is 5.46. The van der Waals surface area contributed by atoms with Gasteiger partial charge >= 0.3 is 0 Å². The highest BCUT2D eigenvalue weighted by molar-refractivity contribution is 5.38. The third-order valence-corrected chi connectivity index (χ3v) is 4.62. The van der Waals surface area contributed by atoms with Crippen LogP contribution in [0.2, 0.25) is 0 Å². The fourth-order valence-electron chi connectivity index (χ4n) is 3.32. The Morgan fingerprint density at radius 3 is 2.46 bits per heavy atom. The van der Waals surface area contributed by atoms with Crippen molar-refractivity contribution in [3.05, 3.63) is 59.7 Å². The summed E-state index contributed by atoms with van der Waals surface area (Å²) in [6, 6.07) is 11.8. The van der Waals surface area contributed by atoms with Crippen molar-refractivity contribution in [1.29, 1.82) is 0 Å². The fourth-order valence-corrected chi connectivity index (χ4v) is 3.32. The third-order valence-electron chi connectivity index (χ3n) is 4.62. The zero-order valence-corrected chi connectivity index (χ0v) is 13.9. The molecule has 1 atom stereocenters. The summed E-state index contributed by atoms with van der Waals surface area (Å²) in [6.07, 6.45) is 5.40. The monoisotopic (exact) mass is 331 g/mol. The lowest BCUT2D eigenvalue weighted by Crippen LogP contribution is -2.31. The molecule has 0 aliphatic heterocycles. The molecule has 1 aliphatic carbocycles. The first-order valence-corrected chi connectivity index (χ1v) is 8.66. The second-order valence-electron chi connectivity index (χ2n) is 6.30. The van der Waals surface area contributed by atoms with Crippen molar-refractivity contribution < 1.29 is 13.5 Å². The SMILES string of the molecule is CCC(NC1CCCC1)c1ccc(F)c(Oc2ccccc2)c1F. The normalized spacial score (nSPS) is 16.3. The number of hydrogen-bond donors (Lipinski definition) is 1. The number of rotatable bonds is 6. The van der Waals surface area contributed by atoms with Crippen LogP contribution in [0, 0.1) is 11.6 Å².